The summed E-state index contributed by atoms with van der Waals surface area (Å²) in [6, 6.07) is 0. The summed E-state index contributed by atoms with van der Waals surface area (Å²) >= 11 is 1.71. The van der Waals surface area contributed by atoms with Gasteiger partial charge < -0.3 is 10.2 Å². The third kappa shape index (κ3) is 3.58. The molecule has 0 amide bonds. The fraction of sp³-hybridized carbons (Fsp3) is 0.688. The topological polar surface area (TPSA) is 32.6 Å². The number of hydrogen-bond donors (Lipinski definition) is 1. The molecule has 2 aromatic rings. The van der Waals surface area contributed by atoms with E-state index in [9.17, 15) is 0 Å². The third-order valence-corrected chi connectivity index (χ3v) is 4.95. The number of thiazole rings is 1. The van der Waals surface area contributed by atoms with Crippen molar-refractivity contribution in [2.45, 2.75) is 47.1 Å². The van der Waals surface area contributed by atoms with Gasteiger partial charge in [-0.25, -0.2) is 4.98 Å². The van der Waals surface area contributed by atoms with Crippen molar-refractivity contribution in [3.8, 4) is 0 Å². The third-order valence-electron chi connectivity index (χ3n) is 4.20. The number of hydrogen-bond acceptors (Lipinski definition) is 4. The molecule has 4 nitrogen and oxygen atoms in total. The standard InChI is InChI=1S/C16H28N4S/c1-5-13(6-2)12-19(8-4)15-14(11-17-7-3)20-9-10-21-16(20)18-15/h9-10,13,17H,5-8,11-12H2,1-4H3. The monoisotopic (exact) mass is 308 g/mol. The van der Waals surface area contributed by atoms with Gasteiger partial charge in [-0.15, -0.1) is 11.3 Å². The average molecular weight is 308 g/mol. The fourth-order valence-corrected chi connectivity index (χ4v) is 3.43. The summed E-state index contributed by atoms with van der Waals surface area (Å²) in [6.45, 7) is 12.9. The highest BCUT2D eigenvalue weighted by molar-refractivity contribution is 7.15. The van der Waals surface area contributed by atoms with Gasteiger partial charge in [0, 0.05) is 31.2 Å². The second kappa shape index (κ2) is 7.80. The Labute approximate surface area is 132 Å². The van der Waals surface area contributed by atoms with Crippen LogP contribution >= 0.6 is 11.3 Å². The Hall–Kier alpha value is -1.07. The summed E-state index contributed by atoms with van der Waals surface area (Å²) in [7, 11) is 0. The number of anilines is 1. The van der Waals surface area contributed by atoms with E-state index in [4.69, 9.17) is 4.98 Å². The van der Waals surface area contributed by atoms with Gasteiger partial charge >= 0.3 is 0 Å². The first-order valence-electron chi connectivity index (χ1n) is 8.15. The molecular weight excluding hydrogens is 280 g/mol. The molecule has 0 aliphatic heterocycles. The van der Waals surface area contributed by atoms with Gasteiger partial charge in [0.1, 0.15) is 0 Å². The first-order valence-corrected chi connectivity index (χ1v) is 9.03. The van der Waals surface area contributed by atoms with Crippen LogP contribution in [0.2, 0.25) is 0 Å². The maximum Gasteiger partial charge on any atom is 0.195 e. The summed E-state index contributed by atoms with van der Waals surface area (Å²) in [6.07, 6.45) is 4.60. The van der Waals surface area contributed by atoms with Gasteiger partial charge in [-0.05, 0) is 19.4 Å². The van der Waals surface area contributed by atoms with Crippen LogP contribution in [-0.4, -0.2) is 29.0 Å². The lowest BCUT2D eigenvalue weighted by Crippen LogP contribution is -2.30. The SMILES string of the molecule is CCNCc1c(N(CC)CC(CC)CC)nc2sccn12. The van der Waals surface area contributed by atoms with Crippen molar-refractivity contribution in [3.05, 3.63) is 17.3 Å². The first kappa shape index (κ1) is 16.3. The van der Waals surface area contributed by atoms with Crippen molar-refractivity contribution in [2.75, 3.05) is 24.5 Å². The zero-order chi connectivity index (χ0) is 15.2. The molecule has 0 aliphatic rings. The molecule has 0 spiro atoms. The van der Waals surface area contributed by atoms with Gasteiger partial charge in [0.25, 0.3) is 0 Å². The summed E-state index contributed by atoms with van der Waals surface area (Å²) < 4.78 is 2.23. The van der Waals surface area contributed by atoms with Crippen LogP contribution in [0.3, 0.4) is 0 Å². The van der Waals surface area contributed by atoms with Gasteiger partial charge in [-0.3, -0.25) is 4.40 Å². The van der Waals surface area contributed by atoms with E-state index in [1.807, 2.05) is 0 Å². The molecule has 0 fully saturated rings. The van der Waals surface area contributed by atoms with Crippen LogP contribution in [0.5, 0.6) is 0 Å². The number of rotatable bonds is 9. The average Bonchev–Trinajstić information content (AvgIpc) is 3.08. The molecule has 5 heteroatoms. The number of nitrogens with one attached hydrogen (secondary N) is 1. The van der Waals surface area contributed by atoms with Crippen LogP contribution < -0.4 is 10.2 Å². The Morgan fingerprint density at radius 3 is 2.67 bits per heavy atom. The number of fused-ring (bicyclic) bond motifs is 1. The Morgan fingerprint density at radius 1 is 1.29 bits per heavy atom. The maximum atomic E-state index is 4.89. The maximum absolute atomic E-state index is 4.89. The van der Waals surface area contributed by atoms with Gasteiger partial charge in [-0.2, -0.15) is 0 Å². The van der Waals surface area contributed by atoms with Gasteiger partial charge in [0.05, 0.1) is 5.69 Å². The smallest absolute Gasteiger partial charge is 0.195 e. The van der Waals surface area contributed by atoms with E-state index in [0.717, 1.165) is 42.9 Å². The first-order chi connectivity index (χ1) is 10.2. The fourth-order valence-electron chi connectivity index (χ4n) is 2.71. The molecule has 1 N–H and O–H groups in total. The highest BCUT2D eigenvalue weighted by atomic mass is 32.1. The van der Waals surface area contributed by atoms with Crippen LogP contribution in [0.25, 0.3) is 4.96 Å². The van der Waals surface area contributed by atoms with Crippen LogP contribution in [0.15, 0.2) is 11.6 Å². The minimum absolute atomic E-state index is 0.747. The Bertz CT molecular complexity index is 541. The Morgan fingerprint density at radius 2 is 2.05 bits per heavy atom. The zero-order valence-electron chi connectivity index (χ0n) is 13.7. The predicted octanol–water partition coefficient (Wildman–Crippen LogP) is 3.77. The molecule has 0 unspecified atom stereocenters. The molecule has 2 heterocycles. The van der Waals surface area contributed by atoms with E-state index >= 15 is 0 Å². The van der Waals surface area contributed by atoms with E-state index < -0.39 is 0 Å². The predicted molar refractivity (Wildman–Crippen MR) is 92.4 cm³/mol. The van der Waals surface area contributed by atoms with Crippen LogP contribution in [-0.2, 0) is 6.54 Å². The second-order valence-corrected chi connectivity index (χ2v) is 6.31. The van der Waals surface area contributed by atoms with Crippen molar-refractivity contribution in [1.29, 1.82) is 0 Å². The summed E-state index contributed by atoms with van der Waals surface area (Å²) in [4.78, 5) is 8.43. The van der Waals surface area contributed by atoms with Crippen LogP contribution in [0.1, 0.15) is 46.2 Å². The normalized spacial score (nSPS) is 11.7. The van der Waals surface area contributed by atoms with E-state index in [1.165, 1.54) is 18.5 Å². The van der Waals surface area contributed by atoms with Crippen LogP contribution in [0.4, 0.5) is 5.82 Å². The van der Waals surface area contributed by atoms with Crippen molar-refractivity contribution >= 4 is 22.1 Å². The molecule has 0 saturated heterocycles. The molecular formula is C16H28N4S. The number of nitrogens with zero attached hydrogens (tertiary/aromatic N) is 3. The summed E-state index contributed by atoms with van der Waals surface area (Å²) in [5.74, 6) is 1.91. The lowest BCUT2D eigenvalue weighted by molar-refractivity contribution is 0.484. The van der Waals surface area contributed by atoms with Crippen molar-refractivity contribution in [3.63, 3.8) is 0 Å². The van der Waals surface area contributed by atoms with E-state index in [-0.39, 0.29) is 0 Å². The molecule has 0 bridgehead atoms. The molecule has 0 saturated carbocycles. The molecule has 118 valence electrons. The van der Waals surface area contributed by atoms with Gasteiger partial charge in [0.15, 0.2) is 10.8 Å². The van der Waals surface area contributed by atoms with E-state index in [0.29, 0.717) is 0 Å². The van der Waals surface area contributed by atoms with Crippen LogP contribution in [0, 0.1) is 5.92 Å². The minimum atomic E-state index is 0.747. The molecule has 2 aromatic heterocycles. The summed E-state index contributed by atoms with van der Waals surface area (Å²) in [5.41, 5.74) is 1.29. The van der Waals surface area contributed by atoms with Gasteiger partial charge in [0.2, 0.25) is 0 Å². The molecule has 0 atom stereocenters. The second-order valence-electron chi connectivity index (χ2n) is 5.44. The van der Waals surface area contributed by atoms with Crippen molar-refractivity contribution in [1.82, 2.24) is 14.7 Å². The molecule has 0 aliphatic carbocycles. The van der Waals surface area contributed by atoms with Crippen molar-refractivity contribution < 1.29 is 0 Å². The molecule has 21 heavy (non-hydrogen) atoms. The largest absolute Gasteiger partial charge is 0.355 e. The van der Waals surface area contributed by atoms with Gasteiger partial charge in [-0.1, -0.05) is 33.6 Å². The quantitative estimate of drug-likeness (QED) is 0.765. The minimum Gasteiger partial charge on any atom is -0.355 e. The Kier molecular flexibility index (Phi) is 6.06. The summed E-state index contributed by atoms with van der Waals surface area (Å²) in [5, 5.41) is 5.56. The highest BCUT2D eigenvalue weighted by Crippen LogP contribution is 2.26. The molecule has 0 radical (unpaired) electrons. The van der Waals surface area contributed by atoms with E-state index in [2.05, 4.69) is 53.9 Å². The lowest BCUT2D eigenvalue weighted by atomic mass is 10.0. The van der Waals surface area contributed by atoms with E-state index in [1.54, 1.807) is 11.3 Å². The number of imidazole rings is 1. The highest BCUT2D eigenvalue weighted by Gasteiger charge is 2.19. The zero-order valence-corrected chi connectivity index (χ0v) is 14.5. The molecule has 2 rings (SSSR count). The molecule has 0 aromatic carbocycles. The lowest BCUT2D eigenvalue weighted by Gasteiger charge is -2.26. The number of aromatic nitrogens is 2. The van der Waals surface area contributed by atoms with Crippen molar-refractivity contribution in [2.24, 2.45) is 5.92 Å². The Balaban J connectivity index is 2.30.